The minimum Gasteiger partial charge on any atom is -0.387 e. The Balaban J connectivity index is 1.17. The number of hydrogen-bond acceptors (Lipinski definition) is 21. The number of phosphoric acid groups is 2. The van der Waals surface area contributed by atoms with E-state index in [2.05, 4.69) is 33.5 Å². The molecule has 3 aromatic heterocycles. The van der Waals surface area contributed by atoms with Gasteiger partial charge in [-0.15, -0.1) is 0 Å². The zero-order chi connectivity index (χ0) is 38.5. The van der Waals surface area contributed by atoms with Crippen molar-refractivity contribution >= 4 is 65.9 Å². The number of nitrogens with zero attached hydrogens (tertiary/aromatic N) is 5. The maximum atomic E-state index is 12.8. The Labute approximate surface area is 290 Å². The van der Waals surface area contributed by atoms with Crippen LogP contribution in [0.15, 0.2) is 15.9 Å². The first-order valence-electron chi connectivity index (χ1n) is 14.5. The highest BCUT2D eigenvalue weighted by Gasteiger charge is 2.49. The van der Waals surface area contributed by atoms with Crippen molar-refractivity contribution in [2.75, 3.05) is 29.6 Å². The highest BCUT2D eigenvalue weighted by molar-refractivity contribution is 7.86. The SMILES string of the molecule is BP(=O)(OP(=O)(O)OC[C@H]1O[C@@H](N(C=N)c2nc(N)[nH]c(=O)c2C)[C@H](O)[C@@H]1O)OP(=O)(O)OC[C@H]1O[C@@H](n2cnc3c(=O)[nH]c(N)nc32)[C@H](O)[C@@H]1O. The number of fused-ring (bicyclic) bond motifs is 1. The molecular formula is C21H32BN10O17P3. The molecule has 0 amide bonds. The number of aliphatic hydroxyl groups is 4. The second-order valence-corrected chi connectivity index (χ2v) is 16.5. The number of aromatic amines is 2. The molecule has 31 heteroatoms. The standard InChI is InChI=1S/C21H32BN10O17P3/c1-6-14(27-20(24)29-16(6)37)31(4-23)18-12(35)10(33)7(46-18)2-44-51(40,41)48-50(22,39)49-52(42,43)45-3-8-11(34)13(36)19(47-8)32-5-26-9-15(32)28-21(25)30-17(9)38/h4-5,7-8,10-13,18-19,23,33-36H,2-3,22H2,1H3,(H,40,41)(H,42,43)(H3,24,27,29,37)(H3,25,28,30,38)/t7-,8-,10-,11-,12-,13-,18-,19-,50?/m1/s1. The summed E-state index contributed by atoms with van der Waals surface area (Å²) in [6.07, 6.45) is -11.7. The predicted molar refractivity (Wildman–Crippen MR) is 174 cm³/mol. The number of nitrogen functional groups attached to an aromatic ring is 2. The summed E-state index contributed by atoms with van der Waals surface area (Å²) in [6.45, 7) is -0.703. The lowest BCUT2D eigenvalue weighted by molar-refractivity contribution is -0.0501. The molecule has 0 spiro atoms. The van der Waals surface area contributed by atoms with Crippen molar-refractivity contribution in [3.63, 3.8) is 0 Å². The van der Waals surface area contributed by atoms with Gasteiger partial charge in [0.1, 0.15) is 42.4 Å². The third-order valence-electron chi connectivity index (χ3n) is 7.51. The maximum Gasteiger partial charge on any atom is 0.478 e. The lowest BCUT2D eigenvalue weighted by Crippen LogP contribution is -2.45. The first-order chi connectivity index (χ1) is 24.1. The Morgan fingerprint density at radius 3 is 2.08 bits per heavy atom. The van der Waals surface area contributed by atoms with E-state index in [-0.39, 0.29) is 34.4 Å². The lowest BCUT2D eigenvalue weighted by atomic mass is 10.1. The summed E-state index contributed by atoms with van der Waals surface area (Å²) in [5.41, 5.74) is 9.39. The molecule has 0 aromatic carbocycles. The van der Waals surface area contributed by atoms with Gasteiger partial charge in [-0.3, -0.25) is 48.0 Å². The van der Waals surface area contributed by atoms with Crippen molar-refractivity contribution in [3.8, 4) is 0 Å². The normalized spacial score (nSPS) is 29.8. The average Bonchev–Trinajstić information content (AvgIpc) is 3.66. The fourth-order valence-electron chi connectivity index (χ4n) is 5.14. The summed E-state index contributed by atoms with van der Waals surface area (Å²) in [5, 5.41) is 49.8. The lowest BCUT2D eigenvalue weighted by Gasteiger charge is -2.28. The minimum absolute atomic E-state index is 0.0425. The number of H-pyrrole nitrogens is 2. The second kappa shape index (κ2) is 14.8. The monoisotopic (exact) mass is 800 g/mol. The Kier molecular flexibility index (Phi) is 11.3. The number of rotatable bonds is 14. The fourth-order valence-corrected chi connectivity index (χ4v) is 9.57. The van der Waals surface area contributed by atoms with E-state index in [0.29, 0.717) is 13.9 Å². The van der Waals surface area contributed by atoms with Crippen LogP contribution in [-0.2, 0) is 40.8 Å². The smallest absolute Gasteiger partial charge is 0.387 e. The number of ether oxygens (including phenoxy) is 2. The zero-order valence-electron chi connectivity index (χ0n) is 26.6. The van der Waals surface area contributed by atoms with E-state index in [4.69, 9.17) is 35.4 Å². The molecule has 0 radical (unpaired) electrons. The minimum atomic E-state index is -5.48. The first kappa shape index (κ1) is 39.8. The van der Waals surface area contributed by atoms with Crippen LogP contribution in [0.3, 0.4) is 0 Å². The van der Waals surface area contributed by atoms with E-state index in [9.17, 15) is 53.5 Å². The molecule has 3 aromatic rings. The number of hydrogen-bond donors (Lipinski definition) is 11. The number of imidazole rings is 1. The van der Waals surface area contributed by atoms with Gasteiger partial charge in [-0.25, -0.2) is 22.7 Å². The Bertz CT molecular complexity index is 2100. The third kappa shape index (κ3) is 8.36. The molecule has 13 N–H and O–H groups in total. The molecule has 2 aliphatic heterocycles. The van der Waals surface area contributed by atoms with Gasteiger partial charge in [0.2, 0.25) is 11.9 Å². The summed E-state index contributed by atoms with van der Waals surface area (Å²) >= 11 is 0. The molecule has 2 fully saturated rings. The van der Waals surface area contributed by atoms with Gasteiger partial charge in [0.25, 0.3) is 26.2 Å². The van der Waals surface area contributed by atoms with E-state index < -0.39 is 96.5 Å². The van der Waals surface area contributed by atoms with Crippen LogP contribution in [0, 0.1) is 12.3 Å². The van der Waals surface area contributed by atoms with Crippen LogP contribution in [0.4, 0.5) is 17.7 Å². The van der Waals surface area contributed by atoms with Crippen LogP contribution in [-0.4, -0.2) is 130 Å². The quantitative estimate of drug-likeness (QED) is 0.0319. The Morgan fingerprint density at radius 1 is 0.942 bits per heavy atom. The molecule has 11 atom stereocenters. The summed E-state index contributed by atoms with van der Waals surface area (Å²) in [4.78, 5) is 61.5. The van der Waals surface area contributed by atoms with E-state index in [1.807, 2.05) is 0 Å². The summed E-state index contributed by atoms with van der Waals surface area (Å²) in [6, 6.07) is 0. The molecule has 5 rings (SSSR count). The Hall–Kier alpha value is -3.43. The number of aliphatic hydroxyl groups excluding tert-OH is 4. The summed E-state index contributed by atoms with van der Waals surface area (Å²) < 4.78 is 68.5. The van der Waals surface area contributed by atoms with Gasteiger partial charge >= 0.3 is 15.6 Å². The van der Waals surface area contributed by atoms with Gasteiger partial charge < -0.3 is 51.2 Å². The molecule has 0 bridgehead atoms. The van der Waals surface area contributed by atoms with Gasteiger partial charge in [0.05, 0.1) is 31.4 Å². The molecule has 5 heterocycles. The largest absolute Gasteiger partial charge is 0.478 e. The topological polar surface area (TPSA) is 416 Å². The van der Waals surface area contributed by atoms with E-state index in [1.165, 1.54) is 6.92 Å². The number of nitrogens with one attached hydrogen (secondary N) is 3. The molecule has 2 aliphatic rings. The molecule has 2 saturated heterocycles. The van der Waals surface area contributed by atoms with Crippen molar-refractivity contribution in [2.45, 2.75) is 56.0 Å². The van der Waals surface area contributed by atoms with Gasteiger partial charge in [-0.2, -0.15) is 9.97 Å². The zero-order valence-corrected chi connectivity index (χ0v) is 29.3. The second-order valence-electron chi connectivity index (χ2n) is 11.3. The van der Waals surface area contributed by atoms with Gasteiger partial charge in [-0.1, -0.05) is 0 Å². The van der Waals surface area contributed by atoms with Crippen molar-refractivity contribution in [1.29, 1.82) is 5.41 Å². The molecule has 0 saturated carbocycles. The number of nitrogens with two attached hydrogens (primary N) is 2. The van der Waals surface area contributed by atoms with E-state index in [0.717, 1.165) is 15.8 Å². The summed E-state index contributed by atoms with van der Waals surface area (Å²) in [5.74, 6) is -0.852. The average molecular weight is 800 g/mol. The molecular weight excluding hydrogens is 768 g/mol. The van der Waals surface area contributed by atoms with Crippen LogP contribution in [0.25, 0.3) is 11.2 Å². The molecule has 27 nitrogen and oxygen atoms in total. The predicted octanol–water partition coefficient (Wildman–Crippen LogP) is -4.14. The van der Waals surface area contributed by atoms with E-state index >= 15 is 0 Å². The molecule has 3 unspecified atom stereocenters. The molecule has 52 heavy (non-hydrogen) atoms. The van der Waals surface area contributed by atoms with Gasteiger partial charge in [0, 0.05) is 0 Å². The maximum absolute atomic E-state index is 12.8. The van der Waals surface area contributed by atoms with Gasteiger partial charge in [-0.05, 0) is 6.92 Å². The van der Waals surface area contributed by atoms with Crippen LogP contribution in [0.2, 0.25) is 0 Å². The van der Waals surface area contributed by atoms with Crippen LogP contribution >= 0.6 is 23.1 Å². The van der Waals surface area contributed by atoms with Crippen molar-refractivity contribution in [1.82, 2.24) is 29.5 Å². The highest BCUT2D eigenvalue weighted by atomic mass is 31.3. The number of aromatic nitrogens is 6. The highest BCUT2D eigenvalue weighted by Crippen LogP contribution is 2.67. The first-order valence-corrected chi connectivity index (χ1v) is 19.5. The van der Waals surface area contributed by atoms with Crippen molar-refractivity contribution < 1.29 is 71.1 Å². The van der Waals surface area contributed by atoms with E-state index in [1.54, 1.807) is 0 Å². The molecule has 286 valence electrons. The van der Waals surface area contributed by atoms with Crippen LogP contribution < -0.4 is 27.5 Å². The summed E-state index contributed by atoms with van der Waals surface area (Å²) in [7, 11) is -15.5. The number of anilines is 3. The van der Waals surface area contributed by atoms with Crippen molar-refractivity contribution in [3.05, 3.63) is 32.6 Å². The number of phosphoric ester groups is 2. The third-order valence-corrected chi connectivity index (χ3v) is 12.5. The fraction of sp³-hybridized carbons (Fsp3) is 0.524. The molecule has 0 aliphatic carbocycles. The van der Waals surface area contributed by atoms with Gasteiger partial charge in [0.15, 0.2) is 23.6 Å². The Morgan fingerprint density at radius 2 is 1.48 bits per heavy atom. The van der Waals surface area contributed by atoms with Crippen molar-refractivity contribution in [2.24, 2.45) is 0 Å². The van der Waals surface area contributed by atoms with Crippen LogP contribution in [0.5, 0.6) is 0 Å². The van der Waals surface area contributed by atoms with Crippen LogP contribution in [0.1, 0.15) is 11.8 Å².